The Hall–Kier alpha value is -2.12. The number of hydrogen-bond acceptors (Lipinski definition) is 10. The van der Waals surface area contributed by atoms with Crippen LogP contribution in [0.5, 0.6) is 6.01 Å². The van der Waals surface area contributed by atoms with Crippen LogP contribution in [0, 0.1) is 0 Å². The van der Waals surface area contributed by atoms with Crippen LogP contribution in [0.4, 0.5) is 0 Å². The zero-order chi connectivity index (χ0) is 17.6. The lowest BCUT2D eigenvalue weighted by Gasteiger charge is -2.39. The third-order valence-electron chi connectivity index (χ3n) is 3.96. The molecule has 1 aliphatic rings. The van der Waals surface area contributed by atoms with Gasteiger partial charge in [0.25, 0.3) is 5.56 Å². The molecule has 0 aromatic carbocycles. The second-order valence-corrected chi connectivity index (χ2v) is 5.39. The molecule has 0 aliphatic carbocycles. The first-order chi connectivity index (χ1) is 11.4. The van der Waals surface area contributed by atoms with Gasteiger partial charge in [-0.05, 0) is 0 Å². The van der Waals surface area contributed by atoms with Crippen LogP contribution < -0.4 is 10.3 Å². The van der Waals surface area contributed by atoms with E-state index in [-0.39, 0.29) is 17.2 Å². The van der Waals surface area contributed by atoms with E-state index in [1.54, 1.807) is 0 Å². The molecule has 4 N–H and O–H groups in total. The van der Waals surface area contributed by atoms with E-state index in [9.17, 15) is 25.2 Å². The summed E-state index contributed by atoms with van der Waals surface area (Å²) >= 11 is 0. The van der Waals surface area contributed by atoms with Crippen molar-refractivity contribution in [2.45, 2.75) is 30.6 Å². The monoisotopic (exact) mass is 343 g/mol. The summed E-state index contributed by atoms with van der Waals surface area (Å²) in [6, 6.07) is -0.0133. The Bertz CT molecular complexity index is 803. The number of hydrogen-bond donors (Lipinski definition) is 4. The SMILES string of the molecule is COc1nc2c(nnn2[C@@H]2O[C@H](CO)[C@@H](O)[C@H](O)[C@H]2O)c(=O)n1C. The van der Waals surface area contributed by atoms with Crippen LogP contribution in [0.3, 0.4) is 0 Å². The van der Waals surface area contributed by atoms with Gasteiger partial charge in [-0.2, -0.15) is 9.67 Å². The molecular formula is C12H17N5O7. The van der Waals surface area contributed by atoms with Crippen molar-refractivity contribution in [2.75, 3.05) is 13.7 Å². The van der Waals surface area contributed by atoms with Crippen LogP contribution in [0.25, 0.3) is 11.2 Å². The molecule has 12 nitrogen and oxygen atoms in total. The molecule has 0 amide bonds. The summed E-state index contributed by atoms with van der Waals surface area (Å²) in [5.41, 5.74) is -0.637. The second-order valence-electron chi connectivity index (χ2n) is 5.39. The van der Waals surface area contributed by atoms with Gasteiger partial charge in [0.15, 0.2) is 17.4 Å². The van der Waals surface area contributed by atoms with E-state index in [0.29, 0.717) is 0 Å². The fraction of sp³-hybridized carbons (Fsp3) is 0.667. The van der Waals surface area contributed by atoms with E-state index in [0.717, 1.165) is 9.25 Å². The van der Waals surface area contributed by atoms with Gasteiger partial charge in [-0.1, -0.05) is 5.21 Å². The Kier molecular flexibility index (Phi) is 4.23. The van der Waals surface area contributed by atoms with Crippen LogP contribution >= 0.6 is 0 Å². The van der Waals surface area contributed by atoms with Crippen molar-refractivity contribution in [3.63, 3.8) is 0 Å². The number of rotatable bonds is 3. The number of aromatic nitrogens is 5. The van der Waals surface area contributed by atoms with Crippen molar-refractivity contribution >= 4 is 11.2 Å². The van der Waals surface area contributed by atoms with Crippen LogP contribution in [-0.4, -0.2) is 83.1 Å². The van der Waals surface area contributed by atoms with Crippen LogP contribution in [0.1, 0.15) is 6.23 Å². The summed E-state index contributed by atoms with van der Waals surface area (Å²) in [6.45, 7) is -0.591. The maximum absolute atomic E-state index is 12.2. The zero-order valence-corrected chi connectivity index (χ0v) is 12.8. The molecule has 0 saturated carbocycles. The fourth-order valence-corrected chi connectivity index (χ4v) is 2.58. The first-order valence-corrected chi connectivity index (χ1v) is 7.07. The highest BCUT2D eigenvalue weighted by molar-refractivity contribution is 5.68. The van der Waals surface area contributed by atoms with E-state index in [2.05, 4.69) is 15.3 Å². The molecule has 12 heteroatoms. The molecule has 0 spiro atoms. The Morgan fingerprint density at radius 2 is 1.96 bits per heavy atom. The molecule has 2 aromatic heterocycles. The van der Waals surface area contributed by atoms with Crippen molar-refractivity contribution in [3.8, 4) is 6.01 Å². The normalized spacial score (nSPS) is 30.7. The van der Waals surface area contributed by atoms with E-state index < -0.39 is 42.8 Å². The topological polar surface area (TPSA) is 165 Å². The lowest BCUT2D eigenvalue weighted by molar-refractivity contribution is -0.253. The van der Waals surface area contributed by atoms with Gasteiger partial charge in [-0.25, -0.2) is 0 Å². The average molecular weight is 343 g/mol. The van der Waals surface area contributed by atoms with Gasteiger partial charge in [-0.15, -0.1) is 5.10 Å². The minimum absolute atomic E-state index is 0.0133. The standard InChI is InChI=1S/C12H17N5O7/c1-16-10(22)5-9(13-12(16)23-2)17(15-14-5)11-8(21)7(20)6(19)4(3-18)24-11/h4,6-8,11,18-21H,3H2,1-2H3/t4-,6-,7+,8-,11-/m1/s1. The summed E-state index contributed by atoms with van der Waals surface area (Å²) in [7, 11) is 2.77. The molecular weight excluding hydrogens is 326 g/mol. The molecule has 5 atom stereocenters. The highest BCUT2D eigenvalue weighted by Gasteiger charge is 2.45. The maximum atomic E-state index is 12.2. The number of fused-ring (bicyclic) bond motifs is 1. The summed E-state index contributed by atoms with van der Waals surface area (Å²) in [6.07, 6.45) is -7.11. The zero-order valence-electron chi connectivity index (χ0n) is 12.8. The highest BCUT2D eigenvalue weighted by atomic mass is 16.6. The quantitative estimate of drug-likeness (QED) is 0.439. The van der Waals surface area contributed by atoms with Gasteiger partial charge >= 0.3 is 6.01 Å². The largest absolute Gasteiger partial charge is 0.468 e. The van der Waals surface area contributed by atoms with E-state index in [4.69, 9.17) is 9.47 Å². The van der Waals surface area contributed by atoms with Crippen molar-refractivity contribution in [1.82, 2.24) is 24.5 Å². The van der Waals surface area contributed by atoms with Gasteiger partial charge in [0, 0.05) is 7.05 Å². The average Bonchev–Trinajstić information content (AvgIpc) is 3.00. The van der Waals surface area contributed by atoms with E-state index >= 15 is 0 Å². The predicted octanol–water partition coefficient (Wildman–Crippen LogP) is -3.49. The van der Waals surface area contributed by atoms with Crippen molar-refractivity contribution in [2.24, 2.45) is 7.05 Å². The maximum Gasteiger partial charge on any atom is 0.300 e. The smallest absolute Gasteiger partial charge is 0.300 e. The van der Waals surface area contributed by atoms with Crippen molar-refractivity contribution in [3.05, 3.63) is 10.4 Å². The van der Waals surface area contributed by atoms with Crippen LogP contribution in [0.2, 0.25) is 0 Å². The molecule has 1 saturated heterocycles. The van der Waals surface area contributed by atoms with Gasteiger partial charge < -0.3 is 29.9 Å². The Morgan fingerprint density at radius 3 is 2.58 bits per heavy atom. The Balaban J connectivity index is 2.12. The first kappa shape index (κ1) is 16.7. The number of aliphatic hydroxyl groups excluding tert-OH is 4. The third kappa shape index (κ3) is 2.35. The van der Waals surface area contributed by atoms with Gasteiger partial charge in [0.2, 0.25) is 0 Å². The van der Waals surface area contributed by atoms with Crippen LogP contribution in [-0.2, 0) is 11.8 Å². The lowest BCUT2D eigenvalue weighted by atomic mass is 9.98. The van der Waals surface area contributed by atoms with E-state index in [1.165, 1.54) is 14.2 Å². The molecule has 3 heterocycles. The van der Waals surface area contributed by atoms with Gasteiger partial charge in [0.05, 0.1) is 13.7 Å². The first-order valence-electron chi connectivity index (χ1n) is 7.07. The molecule has 0 bridgehead atoms. The molecule has 2 aromatic rings. The summed E-state index contributed by atoms with van der Waals surface area (Å²) in [5, 5.41) is 46.6. The third-order valence-corrected chi connectivity index (χ3v) is 3.96. The molecule has 24 heavy (non-hydrogen) atoms. The molecule has 1 fully saturated rings. The number of nitrogens with zero attached hydrogens (tertiary/aromatic N) is 5. The lowest BCUT2D eigenvalue weighted by Crippen LogP contribution is -2.56. The Labute approximate surface area is 134 Å². The number of methoxy groups -OCH3 is 1. The summed E-state index contributed by atoms with van der Waals surface area (Å²) in [4.78, 5) is 16.3. The van der Waals surface area contributed by atoms with Crippen molar-refractivity contribution in [1.29, 1.82) is 0 Å². The molecule has 1 aliphatic heterocycles. The summed E-state index contributed by atoms with van der Waals surface area (Å²) < 4.78 is 12.5. The minimum Gasteiger partial charge on any atom is -0.468 e. The molecule has 3 rings (SSSR count). The number of aliphatic hydroxyl groups is 4. The highest BCUT2D eigenvalue weighted by Crippen LogP contribution is 2.29. The van der Waals surface area contributed by atoms with Gasteiger partial charge in [0.1, 0.15) is 24.4 Å². The molecule has 132 valence electrons. The second kappa shape index (κ2) is 6.07. The Morgan fingerprint density at radius 1 is 1.25 bits per heavy atom. The fourth-order valence-electron chi connectivity index (χ4n) is 2.58. The predicted molar refractivity (Wildman–Crippen MR) is 76.1 cm³/mol. The van der Waals surface area contributed by atoms with Gasteiger partial charge in [-0.3, -0.25) is 9.36 Å². The number of ether oxygens (including phenoxy) is 2. The summed E-state index contributed by atoms with van der Waals surface area (Å²) in [5.74, 6) is 0. The van der Waals surface area contributed by atoms with Crippen molar-refractivity contribution < 1.29 is 29.9 Å². The molecule has 0 unspecified atom stereocenters. The minimum atomic E-state index is -1.59. The molecule has 0 radical (unpaired) electrons. The van der Waals surface area contributed by atoms with Crippen LogP contribution in [0.15, 0.2) is 4.79 Å². The van der Waals surface area contributed by atoms with E-state index in [1.807, 2.05) is 0 Å².